The highest BCUT2D eigenvalue weighted by Crippen LogP contribution is 2.40. The van der Waals surface area contributed by atoms with Gasteiger partial charge in [-0.2, -0.15) is 4.98 Å². The predicted octanol–water partition coefficient (Wildman–Crippen LogP) is 4.26. The van der Waals surface area contributed by atoms with E-state index in [0.29, 0.717) is 23.5 Å². The summed E-state index contributed by atoms with van der Waals surface area (Å²) in [6, 6.07) is 6.34. The monoisotopic (exact) mass is 475 g/mol. The minimum absolute atomic E-state index is 0.00267. The van der Waals surface area contributed by atoms with Crippen LogP contribution in [0, 0.1) is 24.6 Å². The first kappa shape index (κ1) is 21.8. The molecule has 11 heteroatoms. The fourth-order valence-corrected chi connectivity index (χ4v) is 4.91. The molecule has 0 spiro atoms. The number of anilines is 2. The Bertz CT molecular complexity index is 1130. The van der Waals surface area contributed by atoms with E-state index < -0.39 is 12.5 Å². The minimum atomic E-state index is -0.620. The summed E-state index contributed by atoms with van der Waals surface area (Å²) in [5, 5.41) is 7.80. The number of benzene rings is 1. The van der Waals surface area contributed by atoms with E-state index in [0.717, 1.165) is 37.4 Å². The van der Waals surface area contributed by atoms with Crippen molar-refractivity contribution in [3.8, 4) is 11.8 Å². The summed E-state index contributed by atoms with van der Waals surface area (Å²) in [6.45, 7) is 3.11. The lowest BCUT2D eigenvalue weighted by Gasteiger charge is -2.38. The van der Waals surface area contributed by atoms with Gasteiger partial charge < -0.3 is 15.0 Å². The fourth-order valence-electron chi connectivity index (χ4n) is 4.74. The number of piperidine rings is 1. The average Bonchev–Trinajstić information content (AvgIpc) is 3.26. The van der Waals surface area contributed by atoms with E-state index in [1.807, 2.05) is 13.0 Å². The molecule has 3 heterocycles. The molecule has 174 valence electrons. The number of ether oxygens (including phenoxy) is 1. The standard InChI is InChI=1S/C22H24ClF2N7O/c1-13-8-19(27-12-26-13)31-10-14-2-3-15(11-31)20(14)28-21-29-22(32(30-21)7-6-24)33-16-4-5-18(25)17(23)9-16/h4-5,8-9,12,14-15,20H,2-3,6-7,10-11H2,1H3,(H,28,30). The van der Waals surface area contributed by atoms with Crippen LogP contribution in [0.25, 0.3) is 0 Å². The van der Waals surface area contributed by atoms with Crippen LogP contribution in [0.2, 0.25) is 5.02 Å². The van der Waals surface area contributed by atoms with Crippen molar-refractivity contribution in [3.63, 3.8) is 0 Å². The first-order valence-corrected chi connectivity index (χ1v) is 11.3. The highest BCUT2D eigenvalue weighted by Gasteiger charge is 2.43. The Morgan fingerprint density at radius 1 is 1.18 bits per heavy atom. The van der Waals surface area contributed by atoms with Gasteiger partial charge in [-0.25, -0.2) is 23.4 Å². The van der Waals surface area contributed by atoms with Crippen molar-refractivity contribution in [1.29, 1.82) is 0 Å². The molecule has 1 N–H and O–H groups in total. The van der Waals surface area contributed by atoms with Gasteiger partial charge in [0.15, 0.2) is 0 Å². The molecule has 1 aliphatic carbocycles. The predicted molar refractivity (Wildman–Crippen MR) is 120 cm³/mol. The molecule has 2 atom stereocenters. The van der Waals surface area contributed by atoms with Gasteiger partial charge in [0.1, 0.15) is 30.4 Å². The second-order valence-electron chi connectivity index (χ2n) is 8.50. The second kappa shape index (κ2) is 9.09. The highest BCUT2D eigenvalue weighted by molar-refractivity contribution is 6.30. The molecule has 33 heavy (non-hydrogen) atoms. The number of hydrogen-bond acceptors (Lipinski definition) is 7. The molecule has 1 saturated heterocycles. The normalized spacial score (nSPS) is 21.9. The third-order valence-corrected chi connectivity index (χ3v) is 6.57. The number of hydrogen-bond donors (Lipinski definition) is 1. The van der Waals surface area contributed by atoms with E-state index in [4.69, 9.17) is 16.3 Å². The van der Waals surface area contributed by atoms with Crippen molar-refractivity contribution in [2.24, 2.45) is 11.8 Å². The van der Waals surface area contributed by atoms with Gasteiger partial charge in [0, 0.05) is 37.0 Å². The van der Waals surface area contributed by atoms with E-state index in [2.05, 4.69) is 30.3 Å². The topological polar surface area (TPSA) is 81.0 Å². The molecule has 0 radical (unpaired) electrons. The summed E-state index contributed by atoms with van der Waals surface area (Å²) in [6.07, 6.45) is 3.81. The first-order valence-electron chi connectivity index (χ1n) is 10.9. The number of fused-ring (bicyclic) bond motifs is 2. The van der Waals surface area contributed by atoms with Gasteiger partial charge in [0.05, 0.1) is 11.6 Å². The Kier molecular flexibility index (Phi) is 6.01. The van der Waals surface area contributed by atoms with Crippen molar-refractivity contribution in [2.75, 3.05) is 30.0 Å². The number of halogens is 3. The maximum absolute atomic E-state index is 13.4. The van der Waals surface area contributed by atoms with Crippen LogP contribution in [0.3, 0.4) is 0 Å². The number of rotatable bonds is 7. The zero-order valence-electron chi connectivity index (χ0n) is 18.1. The second-order valence-corrected chi connectivity index (χ2v) is 8.91. The largest absolute Gasteiger partial charge is 0.424 e. The average molecular weight is 476 g/mol. The Hall–Kier alpha value is -3.01. The third-order valence-electron chi connectivity index (χ3n) is 6.28. The van der Waals surface area contributed by atoms with Crippen molar-refractivity contribution in [2.45, 2.75) is 32.4 Å². The van der Waals surface area contributed by atoms with Crippen LogP contribution >= 0.6 is 11.6 Å². The Balaban J connectivity index is 1.31. The lowest BCUT2D eigenvalue weighted by Crippen LogP contribution is -2.48. The van der Waals surface area contributed by atoms with Crippen LogP contribution < -0.4 is 15.0 Å². The van der Waals surface area contributed by atoms with Gasteiger partial charge in [-0.3, -0.25) is 0 Å². The number of aromatic nitrogens is 5. The molecule has 2 bridgehead atoms. The summed E-state index contributed by atoms with van der Waals surface area (Å²) < 4.78 is 33.6. The molecule has 3 aromatic rings. The Labute approximate surface area is 195 Å². The summed E-state index contributed by atoms with van der Waals surface area (Å²) in [4.78, 5) is 15.4. The van der Waals surface area contributed by atoms with Gasteiger partial charge in [-0.15, -0.1) is 5.10 Å². The zero-order chi connectivity index (χ0) is 22.9. The van der Waals surface area contributed by atoms with Crippen molar-refractivity contribution in [1.82, 2.24) is 24.7 Å². The van der Waals surface area contributed by atoms with Crippen LogP contribution in [0.15, 0.2) is 30.6 Å². The fraction of sp³-hybridized carbons (Fsp3) is 0.455. The quantitative estimate of drug-likeness (QED) is 0.547. The molecule has 5 rings (SSSR count). The van der Waals surface area contributed by atoms with E-state index in [-0.39, 0.29) is 23.6 Å². The van der Waals surface area contributed by atoms with E-state index >= 15 is 0 Å². The molecule has 2 aromatic heterocycles. The van der Waals surface area contributed by atoms with Gasteiger partial charge >= 0.3 is 6.01 Å². The van der Waals surface area contributed by atoms with Crippen LogP contribution in [0.5, 0.6) is 11.8 Å². The Morgan fingerprint density at radius 3 is 2.67 bits per heavy atom. The SMILES string of the molecule is Cc1cc(N2CC3CCC(C2)C3Nc2nc(Oc3ccc(F)c(Cl)c3)n(CCF)n2)ncn1. The molecular weight excluding hydrogens is 452 g/mol. The maximum atomic E-state index is 13.4. The van der Waals surface area contributed by atoms with Gasteiger partial charge in [0.25, 0.3) is 0 Å². The van der Waals surface area contributed by atoms with Gasteiger partial charge in [-0.05, 0) is 43.7 Å². The van der Waals surface area contributed by atoms with Crippen molar-refractivity contribution < 1.29 is 13.5 Å². The molecule has 2 unspecified atom stereocenters. The smallest absolute Gasteiger partial charge is 0.322 e. The van der Waals surface area contributed by atoms with Gasteiger partial charge in [-0.1, -0.05) is 11.6 Å². The summed E-state index contributed by atoms with van der Waals surface area (Å²) in [5.74, 6) is 1.92. The number of nitrogens with one attached hydrogen (secondary N) is 1. The van der Waals surface area contributed by atoms with Crippen molar-refractivity contribution >= 4 is 23.4 Å². The maximum Gasteiger partial charge on any atom is 0.322 e. The van der Waals surface area contributed by atoms with E-state index in [1.165, 1.54) is 22.9 Å². The van der Waals surface area contributed by atoms with E-state index in [9.17, 15) is 8.78 Å². The van der Waals surface area contributed by atoms with Crippen LogP contribution in [0.4, 0.5) is 20.5 Å². The van der Waals surface area contributed by atoms with Crippen LogP contribution in [-0.2, 0) is 6.54 Å². The summed E-state index contributed by atoms with van der Waals surface area (Å²) in [5.41, 5.74) is 0.949. The molecule has 1 saturated carbocycles. The van der Waals surface area contributed by atoms with Crippen LogP contribution in [-0.4, -0.2) is 50.5 Å². The molecule has 2 fully saturated rings. The molecular formula is C22H24ClF2N7O. The molecule has 1 aliphatic heterocycles. The van der Waals surface area contributed by atoms with Crippen LogP contribution in [0.1, 0.15) is 18.5 Å². The molecule has 0 amide bonds. The Morgan fingerprint density at radius 2 is 1.97 bits per heavy atom. The highest BCUT2D eigenvalue weighted by atomic mass is 35.5. The van der Waals surface area contributed by atoms with E-state index in [1.54, 1.807) is 6.33 Å². The van der Waals surface area contributed by atoms with Crippen molar-refractivity contribution in [3.05, 3.63) is 47.1 Å². The molecule has 8 nitrogen and oxygen atoms in total. The lowest BCUT2D eigenvalue weighted by molar-refractivity contribution is 0.362. The third kappa shape index (κ3) is 4.57. The minimum Gasteiger partial charge on any atom is -0.424 e. The summed E-state index contributed by atoms with van der Waals surface area (Å²) >= 11 is 5.84. The molecule has 1 aromatic carbocycles. The van der Waals surface area contributed by atoms with Gasteiger partial charge in [0.2, 0.25) is 5.95 Å². The number of nitrogens with zero attached hydrogens (tertiary/aromatic N) is 6. The molecule has 2 aliphatic rings. The summed E-state index contributed by atoms with van der Waals surface area (Å²) in [7, 11) is 0. The lowest BCUT2D eigenvalue weighted by atomic mass is 9.92. The zero-order valence-corrected chi connectivity index (χ0v) is 18.8. The number of aryl methyl sites for hydroxylation is 2. The number of alkyl halides is 1. The first-order chi connectivity index (χ1) is 16.0.